The predicted octanol–water partition coefficient (Wildman–Crippen LogP) is 3.32. The number of carbonyl (C=O) groups is 2. The molecule has 1 aliphatic carbocycles. The van der Waals surface area contributed by atoms with Gasteiger partial charge in [0, 0.05) is 5.56 Å². The second-order valence-electron chi connectivity index (χ2n) is 5.95. The fourth-order valence-corrected chi connectivity index (χ4v) is 3.08. The van der Waals surface area contributed by atoms with Crippen LogP contribution >= 0.6 is 0 Å². The van der Waals surface area contributed by atoms with Gasteiger partial charge < -0.3 is 10.1 Å². The number of hydrogen-bond acceptors (Lipinski definition) is 3. The molecule has 1 aromatic carbocycles. The molecule has 0 saturated heterocycles. The predicted molar refractivity (Wildman–Crippen MR) is 85.5 cm³/mol. The first-order valence-corrected chi connectivity index (χ1v) is 8.18. The van der Waals surface area contributed by atoms with E-state index in [4.69, 9.17) is 4.74 Å². The van der Waals surface area contributed by atoms with E-state index in [1.165, 1.54) is 6.42 Å². The summed E-state index contributed by atoms with van der Waals surface area (Å²) in [5.41, 5.74) is 0.327. The molecule has 1 aliphatic rings. The smallest absolute Gasteiger partial charge is 0.312 e. The molecule has 0 atom stereocenters. The number of nitrogens with one attached hydrogen (secondary N) is 1. The molecule has 4 nitrogen and oxygen atoms in total. The highest BCUT2D eigenvalue weighted by Crippen LogP contribution is 2.40. The van der Waals surface area contributed by atoms with Gasteiger partial charge in [-0.25, -0.2) is 0 Å². The zero-order chi connectivity index (χ0) is 15.8. The summed E-state index contributed by atoms with van der Waals surface area (Å²) in [5, 5.41) is 2.77. The molecule has 0 aliphatic heterocycles. The van der Waals surface area contributed by atoms with Gasteiger partial charge in [0.15, 0.2) is 0 Å². The molecule has 1 fully saturated rings. The fourth-order valence-electron chi connectivity index (χ4n) is 3.08. The largest absolute Gasteiger partial charge is 0.463 e. The third kappa shape index (κ3) is 4.09. The Morgan fingerprint density at radius 3 is 2.45 bits per heavy atom. The molecule has 0 radical (unpaired) electrons. The Balaban J connectivity index is 1.74. The first-order valence-electron chi connectivity index (χ1n) is 8.18. The molecule has 1 amide bonds. The minimum Gasteiger partial charge on any atom is -0.463 e. The minimum absolute atomic E-state index is 0.0938. The maximum atomic E-state index is 12.3. The van der Waals surface area contributed by atoms with Gasteiger partial charge in [0.05, 0.1) is 12.0 Å². The highest BCUT2D eigenvalue weighted by molar-refractivity contribution is 5.94. The number of rotatable bonds is 6. The van der Waals surface area contributed by atoms with Crippen molar-refractivity contribution in [3.63, 3.8) is 0 Å². The van der Waals surface area contributed by atoms with E-state index in [0.717, 1.165) is 32.1 Å². The average molecular weight is 303 g/mol. The highest BCUT2D eigenvalue weighted by Gasteiger charge is 2.39. The molecule has 1 N–H and O–H groups in total. The van der Waals surface area contributed by atoms with Gasteiger partial charge in [0.2, 0.25) is 0 Å². The van der Waals surface area contributed by atoms with Crippen LogP contribution in [0.5, 0.6) is 0 Å². The van der Waals surface area contributed by atoms with Crippen molar-refractivity contribution in [1.29, 1.82) is 0 Å². The Bertz CT molecular complexity index is 492. The summed E-state index contributed by atoms with van der Waals surface area (Å²) in [4.78, 5) is 24.2. The van der Waals surface area contributed by atoms with Crippen molar-refractivity contribution in [3.05, 3.63) is 35.9 Å². The quantitative estimate of drug-likeness (QED) is 0.648. The maximum absolute atomic E-state index is 12.3. The molecule has 0 unspecified atom stereocenters. The number of amides is 1. The van der Waals surface area contributed by atoms with Crippen LogP contribution in [0.1, 0.15) is 55.8 Å². The van der Waals surface area contributed by atoms with Crippen molar-refractivity contribution in [1.82, 2.24) is 5.32 Å². The van der Waals surface area contributed by atoms with Gasteiger partial charge in [0.25, 0.3) is 5.91 Å². The van der Waals surface area contributed by atoms with Crippen LogP contribution in [0.2, 0.25) is 0 Å². The lowest BCUT2D eigenvalue weighted by Gasteiger charge is -2.33. The van der Waals surface area contributed by atoms with Crippen LogP contribution in [-0.2, 0) is 9.53 Å². The minimum atomic E-state index is -0.290. The first kappa shape index (κ1) is 16.5. The normalized spacial score (nSPS) is 16.8. The summed E-state index contributed by atoms with van der Waals surface area (Å²) in [7, 11) is 0. The molecule has 120 valence electrons. The van der Waals surface area contributed by atoms with Gasteiger partial charge >= 0.3 is 5.97 Å². The summed E-state index contributed by atoms with van der Waals surface area (Å²) in [6.07, 6.45) is 6.11. The number of benzene rings is 1. The monoisotopic (exact) mass is 303 g/mol. The van der Waals surface area contributed by atoms with E-state index < -0.39 is 0 Å². The van der Waals surface area contributed by atoms with Gasteiger partial charge in [-0.05, 0) is 31.4 Å². The fraction of sp³-hybridized carbons (Fsp3) is 0.556. The van der Waals surface area contributed by atoms with E-state index >= 15 is 0 Å². The summed E-state index contributed by atoms with van der Waals surface area (Å²) >= 11 is 0. The van der Waals surface area contributed by atoms with Crippen molar-refractivity contribution in [3.8, 4) is 0 Å². The summed E-state index contributed by atoms with van der Waals surface area (Å²) in [5.74, 6) is -0.233. The number of carbonyl (C=O) groups excluding carboxylic acids is 2. The number of ether oxygens (including phenoxy) is 1. The SMILES string of the molecule is CCC1(C(=O)OCCNC(=O)c2ccccc2)CCCCC1. The van der Waals surface area contributed by atoms with Crippen molar-refractivity contribution in [2.45, 2.75) is 45.4 Å². The highest BCUT2D eigenvalue weighted by atomic mass is 16.5. The molecular weight excluding hydrogens is 278 g/mol. The standard InChI is InChI=1S/C18H25NO3/c1-2-18(11-7-4-8-12-18)17(21)22-14-13-19-16(20)15-9-5-3-6-10-15/h3,5-6,9-10H,2,4,7-8,11-14H2,1H3,(H,19,20). The molecule has 2 rings (SSSR count). The van der Waals surface area contributed by atoms with E-state index in [9.17, 15) is 9.59 Å². The van der Waals surface area contributed by atoms with Crippen LogP contribution < -0.4 is 5.32 Å². The van der Waals surface area contributed by atoms with Gasteiger partial charge in [0.1, 0.15) is 6.61 Å². The lowest BCUT2D eigenvalue weighted by molar-refractivity contribution is -0.158. The van der Waals surface area contributed by atoms with Crippen LogP contribution in [0, 0.1) is 5.41 Å². The lowest BCUT2D eigenvalue weighted by atomic mass is 9.72. The van der Waals surface area contributed by atoms with Gasteiger partial charge in [-0.15, -0.1) is 0 Å². The van der Waals surface area contributed by atoms with E-state index in [-0.39, 0.29) is 23.9 Å². The van der Waals surface area contributed by atoms with E-state index in [2.05, 4.69) is 12.2 Å². The lowest BCUT2D eigenvalue weighted by Crippen LogP contribution is -2.36. The van der Waals surface area contributed by atoms with Crippen LogP contribution in [0.25, 0.3) is 0 Å². The third-order valence-electron chi connectivity index (χ3n) is 4.58. The van der Waals surface area contributed by atoms with Gasteiger partial charge in [-0.2, -0.15) is 0 Å². The molecule has 0 bridgehead atoms. The van der Waals surface area contributed by atoms with Crippen molar-refractivity contribution in [2.75, 3.05) is 13.2 Å². The summed E-state index contributed by atoms with van der Waals surface area (Å²) in [6, 6.07) is 9.03. The molecule has 22 heavy (non-hydrogen) atoms. The average Bonchev–Trinajstić information content (AvgIpc) is 2.59. The van der Waals surface area contributed by atoms with Crippen LogP contribution in [0.15, 0.2) is 30.3 Å². The molecule has 0 spiro atoms. The Morgan fingerprint density at radius 1 is 1.14 bits per heavy atom. The molecule has 1 saturated carbocycles. The van der Waals surface area contributed by atoms with Crippen molar-refractivity contribution in [2.24, 2.45) is 5.41 Å². The Labute approximate surface area is 132 Å². The number of hydrogen-bond donors (Lipinski definition) is 1. The van der Waals surface area contributed by atoms with Gasteiger partial charge in [-0.3, -0.25) is 9.59 Å². The van der Waals surface area contributed by atoms with Gasteiger partial charge in [-0.1, -0.05) is 44.4 Å². The molecule has 0 aromatic heterocycles. The van der Waals surface area contributed by atoms with E-state index in [1.807, 2.05) is 18.2 Å². The third-order valence-corrected chi connectivity index (χ3v) is 4.58. The second-order valence-corrected chi connectivity index (χ2v) is 5.95. The van der Waals surface area contributed by atoms with E-state index in [0.29, 0.717) is 12.1 Å². The molecule has 4 heteroatoms. The van der Waals surface area contributed by atoms with Crippen LogP contribution in [0.4, 0.5) is 0 Å². The molecule has 0 heterocycles. The zero-order valence-corrected chi connectivity index (χ0v) is 13.3. The van der Waals surface area contributed by atoms with Crippen molar-refractivity contribution < 1.29 is 14.3 Å². The summed E-state index contributed by atoms with van der Waals surface area (Å²) in [6.45, 7) is 2.64. The van der Waals surface area contributed by atoms with Crippen LogP contribution in [0.3, 0.4) is 0 Å². The molecular formula is C18H25NO3. The topological polar surface area (TPSA) is 55.4 Å². The Hall–Kier alpha value is -1.84. The maximum Gasteiger partial charge on any atom is 0.312 e. The first-order chi connectivity index (χ1) is 10.7. The Kier molecular flexibility index (Phi) is 5.99. The Morgan fingerprint density at radius 2 is 1.82 bits per heavy atom. The van der Waals surface area contributed by atoms with E-state index in [1.54, 1.807) is 12.1 Å². The van der Waals surface area contributed by atoms with Crippen LogP contribution in [-0.4, -0.2) is 25.0 Å². The van der Waals surface area contributed by atoms with Crippen molar-refractivity contribution >= 4 is 11.9 Å². The molecule has 1 aromatic rings. The summed E-state index contributed by atoms with van der Waals surface area (Å²) < 4.78 is 5.41. The second kappa shape index (κ2) is 7.97. The zero-order valence-electron chi connectivity index (χ0n) is 13.3. The number of esters is 1.